The van der Waals surface area contributed by atoms with E-state index < -0.39 is 0 Å². The Morgan fingerprint density at radius 3 is 2.58 bits per heavy atom. The van der Waals surface area contributed by atoms with Crippen molar-refractivity contribution in [1.29, 1.82) is 0 Å². The average Bonchev–Trinajstić information content (AvgIpc) is 3.04. The Morgan fingerprint density at radius 2 is 1.85 bits per heavy atom. The lowest BCUT2D eigenvalue weighted by Gasteiger charge is -2.27. The molecule has 1 saturated heterocycles. The molecule has 2 N–H and O–H groups in total. The Hall–Kier alpha value is -2.71. The number of halogens is 1. The number of H-pyrrole nitrogens is 1. The van der Waals surface area contributed by atoms with Gasteiger partial charge in [0.05, 0.1) is 16.9 Å². The zero-order valence-electron chi connectivity index (χ0n) is 14.2. The maximum atomic E-state index is 12.6. The summed E-state index contributed by atoms with van der Waals surface area (Å²) in [5.41, 5.74) is 0.272. The van der Waals surface area contributed by atoms with Crippen LogP contribution >= 0.6 is 11.6 Å². The van der Waals surface area contributed by atoms with Crippen LogP contribution in [0.25, 0.3) is 5.69 Å². The number of hydrogen-bond donors (Lipinski definition) is 1. The van der Waals surface area contributed by atoms with E-state index in [0.29, 0.717) is 17.4 Å². The number of pyridine rings is 1. The Kier molecular flexibility index (Phi) is 4.68. The van der Waals surface area contributed by atoms with E-state index >= 15 is 0 Å². The van der Waals surface area contributed by atoms with Crippen LogP contribution in [0, 0.1) is 0 Å². The smallest absolute Gasteiger partial charge is 0.310 e. The normalized spacial score (nSPS) is 15.3. The SMILES string of the molecule is O=c1n(C[NH+]2CCN(c3cccc[nH+]3)CC2)nnn1-c1ccccc1Cl. The second-order valence-corrected chi connectivity index (χ2v) is 6.67. The van der Waals surface area contributed by atoms with Gasteiger partial charge in [-0.2, -0.15) is 4.68 Å². The van der Waals surface area contributed by atoms with E-state index in [9.17, 15) is 4.79 Å². The van der Waals surface area contributed by atoms with E-state index in [4.69, 9.17) is 11.6 Å². The summed E-state index contributed by atoms with van der Waals surface area (Å²) in [6.07, 6.45) is 1.93. The van der Waals surface area contributed by atoms with E-state index in [2.05, 4.69) is 26.4 Å². The molecule has 134 valence electrons. The van der Waals surface area contributed by atoms with E-state index in [1.807, 2.05) is 30.5 Å². The fourth-order valence-corrected chi connectivity index (χ4v) is 3.38. The molecule has 1 aromatic carbocycles. The molecule has 3 heterocycles. The minimum atomic E-state index is -0.274. The summed E-state index contributed by atoms with van der Waals surface area (Å²) in [4.78, 5) is 19.5. The average molecular weight is 374 g/mol. The number of nitrogens with one attached hydrogen (secondary N) is 2. The highest BCUT2D eigenvalue weighted by Gasteiger charge is 2.27. The molecule has 2 aromatic heterocycles. The van der Waals surface area contributed by atoms with Crippen molar-refractivity contribution in [2.45, 2.75) is 6.67 Å². The summed E-state index contributed by atoms with van der Waals surface area (Å²) < 4.78 is 2.65. The molecule has 0 bridgehead atoms. The predicted octanol–water partition coefficient (Wildman–Crippen LogP) is -0.741. The minimum absolute atomic E-state index is 0.274. The van der Waals surface area contributed by atoms with Gasteiger partial charge in [-0.3, -0.25) is 4.90 Å². The summed E-state index contributed by atoms with van der Waals surface area (Å²) in [5.74, 6) is 1.12. The van der Waals surface area contributed by atoms with Crippen molar-refractivity contribution in [1.82, 2.24) is 19.8 Å². The Balaban J connectivity index is 1.43. The Morgan fingerprint density at radius 1 is 1.08 bits per heavy atom. The Labute approximate surface area is 155 Å². The molecule has 1 fully saturated rings. The van der Waals surface area contributed by atoms with Gasteiger partial charge in [0.25, 0.3) is 5.82 Å². The molecule has 1 aliphatic rings. The highest BCUT2D eigenvalue weighted by Crippen LogP contribution is 2.16. The van der Waals surface area contributed by atoms with Crippen molar-refractivity contribution < 1.29 is 9.88 Å². The van der Waals surface area contributed by atoms with Gasteiger partial charge in [-0.1, -0.05) is 29.8 Å². The molecule has 0 spiro atoms. The van der Waals surface area contributed by atoms with Gasteiger partial charge in [-0.25, -0.2) is 9.78 Å². The molecule has 0 saturated carbocycles. The van der Waals surface area contributed by atoms with E-state index in [1.165, 1.54) is 14.3 Å². The van der Waals surface area contributed by atoms with Crippen molar-refractivity contribution >= 4 is 17.4 Å². The van der Waals surface area contributed by atoms with Crippen molar-refractivity contribution in [3.8, 4) is 5.69 Å². The van der Waals surface area contributed by atoms with Crippen LogP contribution in [0.4, 0.5) is 5.82 Å². The number of aromatic nitrogens is 5. The Bertz CT molecular complexity index is 932. The van der Waals surface area contributed by atoms with Crippen LogP contribution in [0.2, 0.25) is 5.02 Å². The third-order valence-corrected chi connectivity index (χ3v) is 4.92. The van der Waals surface area contributed by atoms with Gasteiger partial charge in [0.2, 0.25) is 0 Å². The lowest BCUT2D eigenvalue weighted by Crippen LogP contribution is -3.14. The van der Waals surface area contributed by atoms with Crippen LogP contribution in [0.5, 0.6) is 0 Å². The number of aromatic amines is 1. The van der Waals surface area contributed by atoms with Crippen LogP contribution in [0.3, 0.4) is 0 Å². The van der Waals surface area contributed by atoms with E-state index in [0.717, 1.165) is 32.0 Å². The molecule has 9 heteroatoms. The lowest BCUT2D eigenvalue weighted by molar-refractivity contribution is -0.924. The minimum Gasteiger partial charge on any atom is -0.310 e. The monoisotopic (exact) mass is 373 g/mol. The van der Waals surface area contributed by atoms with Crippen LogP contribution in [0.1, 0.15) is 0 Å². The van der Waals surface area contributed by atoms with Gasteiger partial charge >= 0.3 is 5.69 Å². The fourth-order valence-electron chi connectivity index (χ4n) is 3.16. The number of piperazine rings is 1. The molecule has 0 unspecified atom stereocenters. The molecule has 26 heavy (non-hydrogen) atoms. The maximum Gasteiger partial charge on any atom is 0.373 e. The van der Waals surface area contributed by atoms with Gasteiger partial charge in [0.1, 0.15) is 26.2 Å². The summed E-state index contributed by atoms with van der Waals surface area (Å²) in [6.45, 7) is 4.18. The summed E-state index contributed by atoms with van der Waals surface area (Å²) in [5, 5.41) is 8.47. The van der Waals surface area contributed by atoms with Gasteiger partial charge in [-0.15, -0.1) is 4.68 Å². The second kappa shape index (κ2) is 7.27. The van der Waals surface area contributed by atoms with E-state index in [-0.39, 0.29) is 5.69 Å². The first-order valence-corrected chi connectivity index (χ1v) is 8.93. The highest BCUT2D eigenvalue weighted by molar-refractivity contribution is 6.32. The number of anilines is 1. The number of hydrogen-bond acceptors (Lipinski definition) is 4. The quantitative estimate of drug-likeness (QED) is 0.653. The highest BCUT2D eigenvalue weighted by atomic mass is 35.5. The molecular weight excluding hydrogens is 354 g/mol. The number of quaternary nitrogens is 1. The van der Waals surface area contributed by atoms with Crippen molar-refractivity contribution in [2.24, 2.45) is 0 Å². The second-order valence-electron chi connectivity index (χ2n) is 6.27. The van der Waals surface area contributed by atoms with Gasteiger partial charge in [0, 0.05) is 6.07 Å². The number of benzene rings is 1. The molecular formula is C17H20ClN7O+2. The number of nitrogens with zero attached hydrogens (tertiary/aromatic N) is 5. The standard InChI is InChI=1S/C17H18ClN7O/c18-14-5-1-2-6-15(14)25-17(26)24(20-21-25)13-22-9-11-23(12-10-22)16-7-3-4-8-19-16/h1-8H,9-13H2/p+2. The van der Waals surface area contributed by atoms with Crippen molar-refractivity contribution in [3.05, 3.63) is 64.2 Å². The lowest BCUT2D eigenvalue weighted by atomic mass is 10.3. The topological polar surface area (TPSA) is 74.5 Å². The van der Waals surface area contributed by atoms with Gasteiger partial charge in [-0.05, 0) is 28.6 Å². The third-order valence-electron chi connectivity index (χ3n) is 4.60. The largest absolute Gasteiger partial charge is 0.373 e. The molecule has 1 aliphatic heterocycles. The zero-order valence-corrected chi connectivity index (χ0v) is 14.9. The van der Waals surface area contributed by atoms with Crippen LogP contribution in [-0.2, 0) is 6.67 Å². The van der Waals surface area contributed by atoms with Crippen molar-refractivity contribution in [2.75, 3.05) is 31.1 Å². The predicted molar refractivity (Wildman–Crippen MR) is 96.5 cm³/mol. The molecule has 3 aromatic rings. The molecule has 0 radical (unpaired) electrons. The van der Waals surface area contributed by atoms with Crippen LogP contribution in [0.15, 0.2) is 53.5 Å². The van der Waals surface area contributed by atoms with Crippen molar-refractivity contribution in [3.63, 3.8) is 0 Å². The molecule has 8 nitrogen and oxygen atoms in total. The summed E-state index contributed by atoms with van der Waals surface area (Å²) in [7, 11) is 0. The molecule has 0 atom stereocenters. The van der Waals surface area contributed by atoms with Crippen LogP contribution < -0.4 is 20.5 Å². The van der Waals surface area contributed by atoms with Gasteiger partial charge in [0.15, 0.2) is 6.67 Å². The number of tetrazole rings is 1. The van der Waals surface area contributed by atoms with Gasteiger partial charge < -0.3 is 4.90 Å². The molecule has 0 amide bonds. The first-order valence-electron chi connectivity index (χ1n) is 8.55. The van der Waals surface area contributed by atoms with E-state index in [1.54, 1.807) is 12.1 Å². The molecule has 0 aliphatic carbocycles. The zero-order chi connectivity index (χ0) is 17.9. The number of para-hydroxylation sites is 1. The number of rotatable bonds is 4. The summed E-state index contributed by atoms with van der Waals surface area (Å²) >= 11 is 6.16. The van der Waals surface area contributed by atoms with Crippen LogP contribution in [-0.4, -0.2) is 46.0 Å². The fraction of sp³-hybridized carbons (Fsp3) is 0.294. The molecule has 4 rings (SSSR count). The first-order chi connectivity index (χ1) is 12.7. The summed E-state index contributed by atoms with van der Waals surface area (Å²) in [6, 6.07) is 13.2. The third kappa shape index (κ3) is 3.33. The first kappa shape index (κ1) is 16.7. The maximum absolute atomic E-state index is 12.6.